The second-order valence-electron chi connectivity index (χ2n) is 7.62. The third kappa shape index (κ3) is 5.57. The normalized spacial score (nSPS) is 15.3. The van der Waals surface area contributed by atoms with E-state index in [0.717, 1.165) is 37.2 Å². The Kier molecular flexibility index (Phi) is 7.18. The van der Waals surface area contributed by atoms with E-state index < -0.39 is 22.8 Å². The van der Waals surface area contributed by atoms with Crippen LogP contribution < -0.4 is 4.90 Å². The van der Waals surface area contributed by atoms with Gasteiger partial charge in [-0.25, -0.2) is 4.79 Å². The Morgan fingerprint density at radius 2 is 1.81 bits per heavy atom. The van der Waals surface area contributed by atoms with Crippen molar-refractivity contribution < 1.29 is 19.2 Å². The summed E-state index contributed by atoms with van der Waals surface area (Å²) in [6.45, 7) is 4.98. The van der Waals surface area contributed by atoms with Gasteiger partial charge < -0.3 is 9.64 Å². The minimum atomic E-state index is -0.750. The molecule has 3 rings (SSSR count). The molecular formula is C24H26N2O5. The molecule has 0 aromatic heterocycles. The van der Waals surface area contributed by atoms with Gasteiger partial charge in [0.25, 0.3) is 5.69 Å². The van der Waals surface area contributed by atoms with E-state index in [2.05, 4.69) is 4.90 Å². The molecule has 0 bridgehead atoms. The Hall–Kier alpha value is -3.48. The highest BCUT2D eigenvalue weighted by molar-refractivity contribution is 6.19. The van der Waals surface area contributed by atoms with Crippen LogP contribution in [-0.2, 0) is 14.3 Å². The van der Waals surface area contributed by atoms with Crippen molar-refractivity contribution in [2.75, 3.05) is 18.0 Å². The molecule has 1 unspecified atom stereocenters. The number of ketones is 1. The summed E-state index contributed by atoms with van der Waals surface area (Å²) in [7, 11) is 0. The zero-order valence-corrected chi connectivity index (χ0v) is 17.7. The van der Waals surface area contributed by atoms with E-state index in [1.807, 2.05) is 24.3 Å². The van der Waals surface area contributed by atoms with Crippen molar-refractivity contribution in [2.45, 2.75) is 39.2 Å². The van der Waals surface area contributed by atoms with Gasteiger partial charge in [0.05, 0.1) is 4.92 Å². The van der Waals surface area contributed by atoms with Crippen molar-refractivity contribution in [2.24, 2.45) is 0 Å². The highest BCUT2D eigenvalue weighted by Gasteiger charge is 2.23. The number of carbonyl (C=O) groups excluding carboxylic acids is 2. The minimum Gasteiger partial charge on any atom is -0.454 e. The Balaban J connectivity index is 1.83. The van der Waals surface area contributed by atoms with Gasteiger partial charge in [-0.2, -0.15) is 0 Å². The third-order valence-corrected chi connectivity index (χ3v) is 5.35. The number of piperidine rings is 1. The standard InChI is InChI=1S/C24H26N2O5/c1-17(27)22(16-19-9-8-10-20(15-19)26(29)30)24(28)31-18(2)21-11-4-5-12-23(21)25-13-6-3-7-14-25/h4-5,8-12,15-16,18H,3,6-7,13-14H2,1-2H3/b22-16+. The number of Topliss-reactive ketones (excluding diaryl/α,β-unsaturated/α-hetero) is 1. The van der Waals surface area contributed by atoms with E-state index >= 15 is 0 Å². The van der Waals surface area contributed by atoms with Gasteiger partial charge in [-0.15, -0.1) is 0 Å². The first-order valence-electron chi connectivity index (χ1n) is 10.4. The molecule has 0 saturated carbocycles. The van der Waals surface area contributed by atoms with Crippen LogP contribution in [0, 0.1) is 10.1 Å². The number of hydrogen-bond acceptors (Lipinski definition) is 6. The molecule has 0 amide bonds. The number of non-ortho nitro benzene ring substituents is 1. The first-order valence-corrected chi connectivity index (χ1v) is 10.4. The summed E-state index contributed by atoms with van der Waals surface area (Å²) in [5.74, 6) is -1.21. The Morgan fingerprint density at radius 1 is 1.10 bits per heavy atom. The highest BCUT2D eigenvalue weighted by Crippen LogP contribution is 2.31. The predicted octanol–water partition coefficient (Wildman–Crippen LogP) is 4.86. The summed E-state index contributed by atoms with van der Waals surface area (Å²) in [6, 6.07) is 13.6. The molecule has 2 aromatic rings. The lowest BCUT2D eigenvalue weighted by molar-refractivity contribution is -0.384. The zero-order chi connectivity index (χ0) is 22.4. The summed E-state index contributed by atoms with van der Waals surface area (Å²) < 4.78 is 5.65. The molecule has 1 aliphatic heterocycles. The Bertz CT molecular complexity index is 1010. The van der Waals surface area contributed by atoms with E-state index in [1.165, 1.54) is 37.6 Å². The van der Waals surface area contributed by atoms with E-state index in [-0.39, 0.29) is 11.3 Å². The van der Waals surface area contributed by atoms with E-state index in [0.29, 0.717) is 5.56 Å². The van der Waals surface area contributed by atoms with Gasteiger partial charge in [0.15, 0.2) is 5.78 Å². The number of rotatable bonds is 7. The number of esters is 1. The van der Waals surface area contributed by atoms with Gasteiger partial charge in [-0.1, -0.05) is 30.3 Å². The number of nitro groups is 1. The number of benzene rings is 2. The Labute approximate surface area is 181 Å². The van der Waals surface area contributed by atoms with Crippen molar-refractivity contribution in [3.63, 3.8) is 0 Å². The van der Waals surface area contributed by atoms with Gasteiger partial charge in [-0.3, -0.25) is 14.9 Å². The lowest BCUT2D eigenvalue weighted by Gasteiger charge is -2.31. The number of para-hydroxylation sites is 1. The number of nitro benzene ring substituents is 1. The lowest BCUT2D eigenvalue weighted by atomic mass is 10.0. The van der Waals surface area contributed by atoms with Crippen LogP contribution >= 0.6 is 0 Å². The SMILES string of the molecule is CC(=O)/C(=C\c1cccc([N+](=O)[O-])c1)C(=O)OC(C)c1ccccc1N1CCCCC1. The van der Waals surface area contributed by atoms with Crippen molar-refractivity contribution in [1.82, 2.24) is 0 Å². The molecule has 0 aliphatic carbocycles. The second kappa shape index (κ2) is 10.0. The van der Waals surface area contributed by atoms with Gasteiger partial charge in [-0.05, 0) is 50.8 Å². The van der Waals surface area contributed by atoms with E-state index in [1.54, 1.807) is 13.0 Å². The summed E-state index contributed by atoms with van der Waals surface area (Å²) in [5.41, 5.74) is 2.04. The van der Waals surface area contributed by atoms with E-state index in [4.69, 9.17) is 4.74 Å². The van der Waals surface area contributed by atoms with Crippen LogP contribution in [0.5, 0.6) is 0 Å². The predicted molar refractivity (Wildman–Crippen MR) is 119 cm³/mol. The quantitative estimate of drug-likeness (QED) is 0.158. The first-order chi connectivity index (χ1) is 14.9. The maximum absolute atomic E-state index is 12.8. The summed E-state index contributed by atoms with van der Waals surface area (Å²) in [6.07, 6.45) is 4.25. The molecule has 2 aromatic carbocycles. The second-order valence-corrected chi connectivity index (χ2v) is 7.62. The smallest absolute Gasteiger partial charge is 0.342 e. The van der Waals surface area contributed by atoms with E-state index in [9.17, 15) is 19.7 Å². The molecule has 1 saturated heterocycles. The molecule has 1 heterocycles. The minimum absolute atomic E-state index is 0.117. The molecule has 7 nitrogen and oxygen atoms in total. The maximum atomic E-state index is 12.8. The molecular weight excluding hydrogens is 396 g/mol. The number of ether oxygens (including phenoxy) is 1. The fourth-order valence-corrected chi connectivity index (χ4v) is 3.74. The molecule has 1 fully saturated rings. The largest absolute Gasteiger partial charge is 0.454 e. The van der Waals surface area contributed by atoms with Crippen LogP contribution in [-0.4, -0.2) is 29.8 Å². The number of carbonyl (C=O) groups is 2. The number of hydrogen-bond donors (Lipinski definition) is 0. The summed E-state index contributed by atoms with van der Waals surface area (Å²) in [5, 5.41) is 11.0. The molecule has 0 spiro atoms. The molecule has 1 atom stereocenters. The lowest BCUT2D eigenvalue weighted by Crippen LogP contribution is -2.30. The van der Waals surface area contributed by atoms with Crippen LogP contribution in [0.15, 0.2) is 54.1 Å². The van der Waals surface area contributed by atoms with Gasteiger partial charge in [0.1, 0.15) is 11.7 Å². The first kappa shape index (κ1) is 22.2. The number of nitrogens with zero attached hydrogens (tertiary/aromatic N) is 2. The van der Waals surface area contributed by atoms with Gasteiger partial charge >= 0.3 is 5.97 Å². The average molecular weight is 422 g/mol. The van der Waals surface area contributed by atoms with Crippen LogP contribution in [0.25, 0.3) is 6.08 Å². The fourth-order valence-electron chi connectivity index (χ4n) is 3.74. The molecule has 0 radical (unpaired) electrons. The summed E-state index contributed by atoms with van der Waals surface area (Å²) in [4.78, 5) is 37.7. The summed E-state index contributed by atoms with van der Waals surface area (Å²) >= 11 is 0. The molecule has 0 N–H and O–H groups in total. The molecule has 7 heteroatoms. The topological polar surface area (TPSA) is 89.8 Å². The van der Waals surface area contributed by atoms with Crippen molar-refractivity contribution in [3.8, 4) is 0 Å². The van der Waals surface area contributed by atoms with Crippen molar-refractivity contribution in [3.05, 3.63) is 75.3 Å². The van der Waals surface area contributed by atoms with Gasteiger partial charge in [0, 0.05) is 36.5 Å². The maximum Gasteiger partial charge on any atom is 0.342 e. The molecule has 162 valence electrons. The zero-order valence-electron chi connectivity index (χ0n) is 17.7. The highest BCUT2D eigenvalue weighted by atomic mass is 16.6. The average Bonchev–Trinajstić information content (AvgIpc) is 2.78. The molecule has 31 heavy (non-hydrogen) atoms. The van der Waals surface area contributed by atoms with Gasteiger partial charge in [0.2, 0.25) is 0 Å². The van der Waals surface area contributed by atoms with Crippen LogP contribution in [0.3, 0.4) is 0 Å². The van der Waals surface area contributed by atoms with Crippen molar-refractivity contribution in [1.29, 1.82) is 0 Å². The number of anilines is 1. The third-order valence-electron chi connectivity index (χ3n) is 5.35. The molecule has 1 aliphatic rings. The van der Waals surface area contributed by atoms with Crippen LogP contribution in [0.4, 0.5) is 11.4 Å². The Morgan fingerprint density at radius 3 is 2.48 bits per heavy atom. The monoisotopic (exact) mass is 422 g/mol. The van der Waals surface area contributed by atoms with Crippen molar-refractivity contribution >= 4 is 29.2 Å². The fraction of sp³-hybridized carbons (Fsp3) is 0.333. The van der Waals surface area contributed by atoms with Crippen LogP contribution in [0.2, 0.25) is 0 Å². The van der Waals surface area contributed by atoms with Crippen LogP contribution in [0.1, 0.15) is 50.3 Å².